The van der Waals surface area contributed by atoms with Crippen molar-refractivity contribution in [2.75, 3.05) is 44.4 Å². The lowest BCUT2D eigenvalue weighted by atomic mass is 9.83. The average molecular weight is 858 g/mol. The van der Waals surface area contributed by atoms with E-state index in [0.29, 0.717) is 30.9 Å². The molecule has 0 spiro atoms. The summed E-state index contributed by atoms with van der Waals surface area (Å²) in [5, 5.41) is 5.45. The largest absolute Gasteiger partial charge is 0.464 e. The van der Waals surface area contributed by atoms with Gasteiger partial charge in [-0.1, -0.05) is 77.3 Å². The number of alkyl carbamates (subject to hydrolysis) is 1. The summed E-state index contributed by atoms with van der Waals surface area (Å²) in [6.45, 7) is 16.1. The molecule has 58 heavy (non-hydrogen) atoms. The number of aromatic nitrogens is 1. The Morgan fingerprint density at radius 2 is 1.62 bits per heavy atom. The highest BCUT2D eigenvalue weighted by Gasteiger charge is 2.37. The molecule has 0 saturated heterocycles. The van der Waals surface area contributed by atoms with Crippen LogP contribution in [0.2, 0.25) is 38.3 Å². The number of rotatable bonds is 23. The molecule has 0 fully saturated rings. The number of carbonyl (C=O) groups excluding carboxylic acids is 4. The van der Waals surface area contributed by atoms with Crippen LogP contribution in [0.15, 0.2) is 60.8 Å². The number of hydrogen-bond acceptors (Lipinski definition) is 8. The van der Waals surface area contributed by atoms with Gasteiger partial charge in [-0.15, -0.1) is 0 Å². The van der Waals surface area contributed by atoms with Crippen LogP contribution >= 0.6 is 11.8 Å². The molecule has 0 unspecified atom stereocenters. The second-order valence-corrected chi connectivity index (χ2v) is 22.8. The van der Waals surface area contributed by atoms with Crippen molar-refractivity contribution in [3.63, 3.8) is 0 Å². The van der Waals surface area contributed by atoms with Crippen LogP contribution in [-0.4, -0.2) is 101 Å². The molecule has 3 rings (SSSR count). The molecular formula is C42H61F2N5O6SSi2. The van der Waals surface area contributed by atoms with Crippen molar-refractivity contribution in [1.82, 2.24) is 20.1 Å². The number of ether oxygens (including phenoxy) is 2. The topological polar surface area (TPSA) is 145 Å². The highest BCUT2D eigenvalue weighted by atomic mass is 32.2. The van der Waals surface area contributed by atoms with Crippen molar-refractivity contribution in [3.05, 3.63) is 83.7 Å². The third kappa shape index (κ3) is 16.3. The molecule has 0 aliphatic carbocycles. The fraction of sp³-hybridized carbons (Fsp3) is 0.524. The smallest absolute Gasteiger partial charge is 0.407 e. The molecule has 0 bridgehead atoms. The number of nitrogens with zero attached hydrogens (tertiary/aromatic N) is 2. The van der Waals surface area contributed by atoms with Crippen LogP contribution in [0.3, 0.4) is 0 Å². The molecule has 2 radical (unpaired) electrons. The van der Waals surface area contributed by atoms with E-state index in [1.165, 1.54) is 17.8 Å². The predicted octanol–water partition coefficient (Wildman–Crippen LogP) is 7.13. The van der Waals surface area contributed by atoms with E-state index in [9.17, 15) is 23.6 Å². The van der Waals surface area contributed by atoms with Crippen LogP contribution in [0.5, 0.6) is 0 Å². The number of hydrogen-bond donors (Lipinski definition) is 3. The highest BCUT2D eigenvalue weighted by Crippen LogP contribution is 2.41. The first-order chi connectivity index (χ1) is 27.5. The van der Waals surface area contributed by atoms with Crippen LogP contribution in [0.25, 0.3) is 11.1 Å². The van der Waals surface area contributed by atoms with Crippen LogP contribution in [0.4, 0.5) is 13.6 Å². The van der Waals surface area contributed by atoms with Gasteiger partial charge in [0.2, 0.25) is 11.8 Å². The van der Waals surface area contributed by atoms with Gasteiger partial charge >= 0.3 is 12.1 Å². The zero-order valence-electron chi connectivity index (χ0n) is 35.0. The van der Waals surface area contributed by atoms with Crippen LogP contribution in [0.1, 0.15) is 50.9 Å². The number of esters is 1. The number of benzene rings is 2. The van der Waals surface area contributed by atoms with Gasteiger partial charge in [-0.05, 0) is 53.8 Å². The molecule has 4 N–H and O–H groups in total. The van der Waals surface area contributed by atoms with E-state index in [2.05, 4.69) is 36.8 Å². The monoisotopic (exact) mass is 857 g/mol. The highest BCUT2D eigenvalue weighted by molar-refractivity contribution is 7.99. The van der Waals surface area contributed by atoms with Gasteiger partial charge in [0.1, 0.15) is 17.7 Å². The van der Waals surface area contributed by atoms with Gasteiger partial charge in [-0.25, -0.2) is 18.4 Å². The average Bonchev–Trinajstić information content (AvgIpc) is 3.55. The lowest BCUT2D eigenvalue weighted by molar-refractivity contribution is -0.147. The normalized spacial score (nSPS) is 12.6. The maximum absolute atomic E-state index is 15.2. The molecule has 0 saturated carbocycles. The lowest BCUT2D eigenvalue weighted by Gasteiger charge is -2.41. The first kappa shape index (κ1) is 48.4. The number of nitrogens with one attached hydrogen (secondary N) is 2. The van der Waals surface area contributed by atoms with Crippen molar-refractivity contribution in [2.45, 2.75) is 90.5 Å². The molecule has 2 atom stereocenters. The van der Waals surface area contributed by atoms with Crippen LogP contribution in [-0.2, 0) is 30.4 Å². The van der Waals surface area contributed by atoms with Crippen LogP contribution < -0.4 is 16.4 Å². The summed E-state index contributed by atoms with van der Waals surface area (Å²) < 4.78 is 42.3. The van der Waals surface area contributed by atoms with Crippen molar-refractivity contribution in [2.24, 2.45) is 11.1 Å². The second-order valence-electron chi connectivity index (χ2n) is 15.9. The Balaban J connectivity index is 1.87. The molecule has 3 aromatic rings. The third-order valence-electron chi connectivity index (χ3n) is 9.18. The molecule has 318 valence electrons. The Kier molecular flexibility index (Phi) is 20.2. The SMILES string of the molecule is C[Si](C)CCOC(=O)NCCCN(C(=O)CSCCC(=O)N[C@H](CN)C(=O)OCC[Si](C)C)[C@@H](c1cc(-c2cc(F)ccc2F)cn1Cc1ccccc1)C(C)(C)C. The van der Waals surface area contributed by atoms with E-state index >= 15 is 4.39 Å². The van der Waals surface area contributed by atoms with Crippen LogP contribution in [0, 0.1) is 17.0 Å². The molecular weight excluding hydrogens is 797 g/mol. The maximum atomic E-state index is 15.2. The predicted molar refractivity (Wildman–Crippen MR) is 232 cm³/mol. The Morgan fingerprint density at radius 1 is 0.948 bits per heavy atom. The Hall–Kier alpha value is -4.00. The quantitative estimate of drug-likeness (QED) is 0.0519. The summed E-state index contributed by atoms with van der Waals surface area (Å²) in [5.41, 5.74) is 7.49. The minimum absolute atomic E-state index is 0.0403. The molecule has 0 aliphatic heterocycles. The maximum Gasteiger partial charge on any atom is 0.407 e. The fourth-order valence-electron chi connectivity index (χ4n) is 6.19. The van der Waals surface area contributed by atoms with Crippen molar-refractivity contribution in [3.8, 4) is 11.1 Å². The van der Waals surface area contributed by atoms with E-state index < -0.39 is 58.8 Å². The Labute approximate surface area is 350 Å². The van der Waals surface area contributed by atoms with Gasteiger partial charge in [0.25, 0.3) is 0 Å². The molecule has 16 heteroatoms. The summed E-state index contributed by atoms with van der Waals surface area (Å²) in [4.78, 5) is 53.9. The number of nitrogens with two attached hydrogens (primary N) is 1. The van der Waals surface area contributed by atoms with Gasteiger partial charge in [0, 0.05) is 79.0 Å². The molecule has 1 aromatic heterocycles. The van der Waals surface area contributed by atoms with E-state index in [-0.39, 0.29) is 55.8 Å². The standard InChI is InChI=1S/C42H61F2N5O6SSi2/c1-42(2,3)39(36-24-31(33-25-32(43)14-15-34(33)44)28-48(36)27-30-12-9-8-10-13-30)49(18-11-17-46-41(53)55-20-23-58(6)7)38(51)29-56-21-16-37(50)47-35(26-45)40(52)54-19-22-57(4)5/h8-10,12-15,24-25,28,35,39H,11,16-23,26-27,29,45H2,1-7H3,(H,46,53)(H,47,50)/t35-,39+/m1/s1. The zero-order valence-corrected chi connectivity index (χ0v) is 37.8. The van der Waals surface area contributed by atoms with Crippen molar-refractivity contribution < 1.29 is 37.4 Å². The summed E-state index contributed by atoms with van der Waals surface area (Å²) in [5.74, 6) is -1.94. The molecule has 1 heterocycles. The van der Waals surface area contributed by atoms with E-state index in [4.69, 9.17) is 15.2 Å². The molecule has 11 nitrogen and oxygen atoms in total. The summed E-state index contributed by atoms with van der Waals surface area (Å²) >= 11 is 1.29. The Morgan fingerprint density at radius 3 is 2.26 bits per heavy atom. The number of thioether (sulfide) groups is 1. The number of amides is 3. The van der Waals surface area contributed by atoms with Gasteiger partial charge in [-0.3, -0.25) is 9.59 Å². The second kappa shape index (κ2) is 24.2. The molecule has 0 aliphatic rings. The van der Waals surface area contributed by atoms with Gasteiger partial charge in [0.15, 0.2) is 0 Å². The summed E-state index contributed by atoms with van der Waals surface area (Å²) in [6.07, 6.45) is 1.75. The lowest BCUT2D eigenvalue weighted by Crippen LogP contribution is -2.47. The van der Waals surface area contributed by atoms with E-state index in [0.717, 1.165) is 35.5 Å². The van der Waals surface area contributed by atoms with Gasteiger partial charge < -0.3 is 35.3 Å². The first-order valence-corrected chi connectivity index (χ1v) is 26.3. The van der Waals surface area contributed by atoms with Crippen molar-refractivity contribution >= 4 is 53.2 Å². The summed E-state index contributed by atoms with van der Waals surface area (Å²) in [6, 6.07) is 15.1. The van der Waals surface area contributed by atoms with E-state index in [1.54, 1.807) is 11.1 Å². The fourth-order valence-corrected chi connectivity index (χ4v) is 8.03. The first-order valence-electron chi connectivity index (χ1n) is 19.7. The molecule has 2 aromatic carbocycles. The van der Waals surface area contributed by atoms with E-state index in [1.807, 2.05) is 61.7 Å². The van der Waals surface area contributed by atoms with Gasteiger partial charge in [-0.2, -0.15) is 11.8 Å². The zero-order chi connectivity index (χ0) is 42.8. The van der Waals surface area contributed by atoms with Gasteiger partial charge in [0.05, 0.1) is 25.0 Å². The Bertz CT molecular complexity index is 1780. The minimum atomic E-state index is -0.952. The molecule has 3 amide bonds. The van der Waals surface area contributed by atoms with Crippen molar-refractivity contribution in [1.29, 1.82) is 0 Å². The number of halogens is 2. The number of carbonyl (C=O) groups is 4. The summed E-state index contributed by atoms with van der Waals surface area (Å²) in [7, 11) is -1.10. The minimum Gasteiger partial charge on any atom is -0.464 e. The third-order valence-corrected chi connectivity index (χ3v) is 12.5.